The summed E-state index contributed by atoms with van der Waals surface area (Å²) in [5.41, 5.74) is 3.31. The molecule has 0 atom stereocenters. The van der Waals surface area contributed by atoms with Gasteiger partial charge in [-0.2, -0.15) is 0 Å². The Balaban J connectivity index is 1.58. The van der Waals surface area contributed by atoms with Gasteiger partial charge >= 0.3 is 0 Å². The molecule has 0 radical (unpaired) electrons. The quantitative estimate of drug-likeness (QED) is 0.725. The van der Waals surface area contributed by atoms with Crippen LogP contribution in [0.1, 0.15) is 16.8 Å². The molecule has 3 aromatic rings. The van der Waals surface area contributed by atoms with Crippen LogP contribution in [0.4, 0.5) is 0 Å². The first-order valence-corrected chi connectivity index (χ1v) is 7.17. The second kappa shape index (κ2) is 5.79. The van der Waals surface area contributed by atoms with Gasteiger partial charge in [0.1, 0.15) is 0 Å². The van der Waals surface area contributed by atoms with Gasteiger partial charge in [-0.05, 0) is 18.6 Å². The molecular weight excluding hydrogens is 274 g/mol. The monoisotopic (exact) mass is 287 g/mol. The third kappa shape index (κ3) is 2.67. The van der Waals surface area contributed by atoms with Crippen molar-refractivity contribution in [2.45, 2.75) is 13.0 Å². The molecule has 0 saturated heterocycles. The van der Waals surface area contributed by atoms with E-state index in [-0.39, 0.29) is 5.91 Å². The number of fused-ring (bicyclic) bond motifs is 1. The molecule has 3 rings (SSSR count). The van der Waals surface area contributed by atoms with E-state index in [0.29, 0.717) is 12.1 Å². The second-order valence-electron chi connectivity index (χ2n) is 4.28. The first-order chi connectivity index (χ1) is 9.84. The lowest BCUT2D eigenvalue weighted by Gasteiger charge is -2.05. The fourth-order valence-electron chi connectivity index (χ4n) is 1.96. The van der Waals surface area contributed by atoms with Gasteiger partial charge in [-0.1, -0.05) is 11.3 Å². The molecule has 1 aromatic carbocycles. The van der Waals surface area contributed by atoms with Crippen LogP contribution in [0.3, 0.4) is 0 Å². The zero-order chi connectivity index (χ0) is 13.8. The number of carbonyl (C=O) groups is 1. The molecule has 0 aliphatic carbocycles. The van der Waals surface area contributed by atoms with E-state index < -0.39 is 0 Å². The van der Waals surface area contributed by atoms with Crippen molar-refractivity contribution in [1.82, 2.24) is 25.3 Å². The highest BCUT2D eigenvalue weighted by Crippen LogP contribution is 2.21. The smallest absolute Gasteiger partial charge is 0.252 e. The Morgan fingerprint density at radius 2 is 2.35 bits per heavy atom. The van der Waals surface area contributed by atoms with Crippen molar-refractivity contribution in [3.8, 4) is 0 Å². The minimum absolute atomic E-state index is 0.0570. The Morgan fingerprint density at radius 3 is 3.20 bits per heavy atom. The molecule has 0 saturated carbocycles. The number of hydrogen-bond acceptors (Lipinski definition) is 5. The van der Waals surface area contributed by atoms with Gasteiger partial charge in [-0.3, -0.25) is 9.48 Å². The third-order valence-electron chi connectivity index (χ3n) is 2.92. The van der Waals surface area contributed by atoms with Crippen LogP contribution >= 0.6 is 11.3 Å². The summed E-state index contributed by atoms with van der Waals surface area (Å²) in [5, 5.41) is 10.5. The molecule has 102 valence electrons. The lowest BCUT2D eigenvalue weighted by Crippen LogP contribution is -2.25. The van der Waals surface area contributed by atoms with Gasteiger partial charge in [-0.15, -0.1) is 16.4 Å². The normalized spacial score (nSPS) is 10.8. The van der Waals surface area contributed by atoms with Crippen LogP contribution in [0.5, 0.6) is 0 Å². The minimum Gasteiger partial charge on any atom is -0.352 e. The van der Waals surface area contributed by atoms with Gasteiger partial charge in [-0.25, -0.2) is 4.98 Å². The summed E-state index contributed by atoms with van der Waals surface area (Å²) < 4.78 is 2.68. The van der Waals surface area contributed by atoms with Gasteiger partial charge in [0.15, 0.2) is 0 Å². The van der Waals surface area contributed by atoms with E-state index in [1.807, 2.05) is 18.2 Å². The van der Waals surface area contributed by atoms with Crippen molar-refractivity contribution in [3.05, 3.63) is 41.7 Å². The van der Waals surface area contributed by atoms with Crippen LogP contribution in [0.2, 0.25) is 0 Å². The molecule has 0 aliphatic rings. The van der Waals surface area contributed by atoms with Crippen LogP contribution in [-0.2, 0) is 6.54 Å². The van der Waals surface area contributed by atoms with Crippen LogP contribution in [0.15, 0.2) is 36.1 Å². The molecule has 0 spiro atoms. The highest BCUT2D eigenvalue weighted by Gasteiger charge is 2.10. The minimum atomic E-state index is -0.0570. The van der Waals surface area contributed by atoms with Crippen molar-refractivity contribution in [1.29, 1.82) is 0 Å². The molecular formula is C13H13N5OS. The number of nitrogens with one attached hydrogen (secondary N) is 1. The average molecular weight is 287 g/mol. The van der Waals surface area contributed by atoms with E-state index in [2.05, 4.69) is 20.6 Å². The summed E-state index contributed by atoms with van der Waals surface area (Å²) >= 11 is 1.49. The molecule has 0 bridgehead atoms. The predicted octanol–water partition coefficient (Wildman–Crippen LogP) is 1.71. The van der Waals surface area contributed by atoms with E-state index in [0.717, 1.165) is 23.2 Å². The first-order valence-electron chi connectivity index (χ1n) is 6.29. The summed E-state index contributed by atoms with van der Waals surface area (Å²) in [4.78, 5) is 16.4. The molecule has 1 N–H and O–H groups in total. The fraction of sp³-hybridized carbons (Fsp3) is 0.231. The van der Waals surface area contributed by atoms with Crippen molar-refractivity contribution < 1.29 is 4.79 Å². The zero-order valence-electron chi connectivity index (χ0n) is 10.7. The summed E-state index contributed by atoms with van der Waals surface area (Å²) in [6.45, 7) is 1.35. The number of hydrogen-bond donors (Lipinski definition) is 1. The van der Waals surface area contributed by atoms with Gasteiger partial charge in [0, 0.05) is 19.3 Å². The molecule has 2 heterocycles. The molecule has 0 aliphatic heterocycles. The number of aryl methyl sites for hydroxylation is 1. The summed E-state index contributed by atoms with van der Waals surface area (Å²) in [6, 6.07) is 5.59. The fourth-order valence-corrected chi connectivity index (χ4v) is 2.76. The summed E-state index contributed by atoms with van der Waals surface area (Å²) in [5.74, 6) is -0.0570. The van der Waals surface area contributed by atoms with Crippen LogP contribution < -0.4 is 5.32 Å². The van der Waals surface area contributed by atoms with E-state index in [1.165, 1.54) is 11.3 Å². The maximum absolute atomic E-state index is 12.2. The van der Waals surface area contributed by atoms with E-state index in [4.69, 9.17) is 0 Å². The SMILES string of the molecule is O=C(NCCCn1ccnn1)c1cccc2ncsc12. The van der Waals surface area contributed by atoms with Gasteiger partial charge in [0.05, 0.1) is 27.5 Å². The molecule has 0 unspecified atom stereocenters. The summed E-state index contributed by atoms with van der Waals surface area (Å²) in [7, 11) is 0. The van der Waals surface area contributed by atoms with Crippen LogP contribution in [0.25, 0.3) is 10.2 Å². The Labute approximate surface area is 119 Å². The van der Waals surface area contributed by atoms with Crippen LogP contribution in [-0.4, -0.2) is 32.4 Å². The van der Waals surface area contributed by atoms with Crippen LogP contribution in [0, 0.1) is 0 Å². The Morgan fingerprint density at radius 1 is 1.40 bits per heavy atom. The number of amides is 1. The van der Waals surface area contributed by atoms with E-state index >= 15 is 0 Å². The number of aromatic nitrogens is 4. The largest absolute Gasteiger partial charge is 0.352 e. The van der Waals surface area contributed by atoms with Crippen molar-refractivity contribution in [2.75, 3.05) is 6.54 Å². The average Bonchev–Trinajstić information content (AvgIpc) is 3.13. The number of thiazole rings is 1. The Hall–Kier alpha value is -2.28. The third-order valence-corrected chi connectivity index (χ3v) is 3.80. The second-order valence-corrected chi connectivity index (χ2v) is 5.14. The molecule has 2 aromatic heterocycles. The number of carbonyl (C=O) groups excluding carboxylic acids is 1. The number of benzene rings is 1. The van der Waals surface area contributed by atoms with Crippen molar-refractivity contribution in [2.24, 2.45) is 0 Å². The highest BCUT2D eigenvalue weighted by atomic mass is 32.1. The van der Waals surface area contributed by atoms with Crippen molar-refractivity contribution in [3.63, 3.8) is 0 Å². The van der Waals surface area contributed by atoms with E-state index in [1.54, 1.807) is 22.6 Å². The van der Waals surface area contributed by atoms with Gasteiger partial charge < -0.3 is 5.32 Å². The topological polar surface area (TPSA) is 72.7 Å². The zero-order valence-corrected chi connectivity index (χ0v) is 11.5. The standard InChI is InChI=1S/C13H13N5OS/c19-13(14-5-2-7-18-8-6-16-17-18)10-3-1-4-11-12(10)20-9-15-11/h1,3-4,6,8-9H,2,5,7H2,(H,14,19). The number of nitrogens with zero attached hydrogens (tertiary/aromatic N) is 4. The van der Waals surface area contributed by atoms with Crippen molar-refractivity contribution >= 4 is 27.5 Å². The predicted molar refractivity (Wildman–Crippen MR) is 76.6 cm³/mol. The first kappa shape index (κ1) is 12.7. The molecule has 7 heteroatoms. The number of rotatable bonds is 5. The lowest BCUT2D eigenvalue weighted by atomic mass is 10.2. The van der Waals surface area contributed by atoms with Gasteiger partial charge in [0.2, 0.25) is 0 Å². The Bertz CT molecular complexity index is 706. The molecule has 20 heavy (non-hydrogen) atoms. The van der Waals surface area contributed by atoms with Gasteiger partial charge in [0.25, 0.3) is 5.91 Å². The highest BCUT2D eigenvalue weighted by molar-refractivity contribution is 7.17. The Kier molecular flexibility index (Phi) is 3.69. The molecule has 1 amide bonds. The van der Waals surface area contributed by atoms with E-state index in [9.17, 15) is 4.79 Å². The lowest BCUT2D eigenvalue weighted by molar-refractivity contribution is 0.0954. The maximum atomic E-state index is 12.2. The molecule has 0 fully saturated rings. The summed E-state index contributed by atoms with van der Waals surface area (Å²) in [6.07, 6.45) is 4.26. The maximum Gasteiger partial charge on any atom is 0.252 e. The molecule has 6 nitrogen and oxygen atoms in total.